The molecule has 1 aromatic carbocycles. The minimum atomic E-state index is -0.262. The van der Waals surface area contributed by atoms with Crippen LogP contribution in [0, 0.1) is 12.7 Å². The molecular formula is C10H13BrFNO. The molecule has 0 amide bonds. The number of ether oxygens (including phenoxy) is 1. The fourth-order valence-electron chi connectivity index (χ4n) is 1.41. The van der Waals surface area contributed by atoms with Crippen LogP contribution in [0.3, 0.4) is 0 Å². The Morgan fingerprint density at radius 2 is 2.21 bits per heavy atom. The highest BCUT2D eigenvalue weighted by Gasteiger charge is 2.13. The lowest BCUT2D eigenvalue weighted by Crippen LogP contribution is -2.08. The fraction of sp³-hybridized carbons (Fsp3) is 0.400. The highest BCUT2D eigenvalue weighted by atomic mass is 79.9. The van der Waals surface area contributed by atoms with Gasteiger partial charge in [-0.2, -0.15) is 0 Å². The van der Waals surface area contributed by atoms with Crippen molar-refractivity contribution in [2.24, 2.45) is 0 Å². The lowest BCUT2D eigenvalue weighted by atomic mass is 10.1. The van der Waals surface area contributed by atoms with Gasteiger partial charge in [0, 0.05) is 17.7 Å². The van der Waals surface area contributed by atoms with Crippen molar-refractivity contribution in [2.75, 3.05) is 14.2 Å². The number of hydrogen-bond acceptors (Lipinski definition) is 2. The first-order valence-electron chi connectivity index (χ1n) is 4.27. The van der Waals surface area contributed by atoms with E-state index in [2.05, 4.69) is 21.2 Å². The van der Waals surface area contributed by atoms with Crippen LogP contribution in [0.4, 0.5) is 4.39 Å². The van der Waals surface area contributed by atoms with Crippen LogP contribution in [-0.2, 0) is 6.54 Å². The average molecular weight is 262 g/mol. The molecule has 0 aliphatic carbocycles. The van der Waals surface area contributed by atoms with Gasteiger partial charge in [-0.05, 0) is 36.0 Å². The molecule has 0 unspecified atom stereocenters. The Balaban J connectivity index is 3.28. The summed E-state index contributed by atoms with van der Waals surface area (Å²) in [4.78, 5) is 0. The Morgan fingerprint density at radius 3 is 2.71 bits per heavy atom. The van der Waals surface area contributed by atoms with Crippen molar-refractivity contribution in [3.63, 3.8) is 0 Å². The lowest BCUT2D eigenvalue weighted by molar-refractivity contribution is 0.400. The van der Waals surface area contributed by atoms with Gasteiger partial charge < -0.3 is 10.1 Å². The maximum Gasteiger partial charge on any atom is 0.143 e. The summed E-state index contributed by atoms with van der Waals surface area (Å²) in [6.45, 7) is 2.36. The third kappa shape index (κ3) is 2.07. The van der Waals surface area contributed by atoms with Crippen molar-refractivity contribution < 1.29 is 9.13 Å². The van der Waals surface area contributed by atoms with Gasteiger partial charge >= 0.3 is 0 Å². The van der Waals surface area contributed by atoms with Crippen LogP contribution in [0.1, 0.15) is 11.1 Å². The summed E-state index contributed by atoms with van der Waals surface area (Å²) in [6.07, 6.45) is 0. The molecule has 0 saturated heterocycles. The molecular weight excluding hydrogens is 249 g/mol. The van der Waals surface area contributed by atoms with Gasteiger partial charge in [0.2, 0.25) is 0 Å². The van der Waals surface area contributed by atoms with E-state index in [4.69, 9.17) is 4.74 Å². The van der Waals surface area contributed by atoms with Crippen LogP contribution < -0.4 is 10.1 Å². The first-order valence-corrected chi connectivity index (χ1v) is 5.07. The summed E-state index contributed by atoms with van der Waals surface area (Å²) in [5, 5.41) is 3.01. The highest BCUT2D eigenvalue weighted by Crippen LogP contribution is 2.31. The van der Waals surface area contributed by atoms with E-state index in [1.807, 2.05) is 7.05 Å². The Morgan fingerprint density at radius 1 is 1.57 bits per heavy atom. The number of benzene rings is 1. The second-order valence-electron chi connectivity index (χ2n) is 3.02. The molecule has 1 rings (SSSR count). The monoisotopic (exact) mass is 261 g/mol. The van der Waals surface area contributed by atoms with Gasteiger partial charge in [-0.1, -0.05) is 0 Å². The van der Waals surface area contributed by atoms with Crippen molar-refractivity contribution in [1.29, 1.82) is 0 Å². The van der Waals surface area contributed by atoms with Crippen LogP contribution in [0.2, 0.25) is 0 Å². The summed E-state index contributed by atoms with van der Waals surface area (Å²) >= 11 is 3.17. The topological polar surface area (TPSA) is 21.3 Å². The Labute approximate surface area is 91.6 Å². The first kappa shape index (κ1) is 11.5. The van der Waals surface area contributed by atoms with E-state index in [1.54, 1.807) is 20.1 Å². The second kappa shape index (κ2) is 4.75. The summed E-state index contributed by atoms with van der Waals surface area (Å²) < 4.78 is 19.1. The SMILES string of the molecule is CNCc1cc(Br)c(F)c(C)c1OC. The van der Waals surface area contributed by atoms with E-state index in [0.29, 0.717) is 22.3 Å². The number of hydrogen-bond donors (Lipinski definition) is 1. The van der Waals surface area contributed by atoms with Crippen LogP contribution in [0.5, 0.6) is 5.75 Å². The number of methoxy groups -OCH3 is 1. The van der Waals surface area contributed by atoms with Gasteiger partial charge in [0.25, 0.3) is 0 Å². The standard InChI is InChI=1S/C10H13BrFNO/c1-6-9(12)8(11)4-7(5-13-2)10(6)14-3/h4,13H,5H2,1-3H3. The van der Waals surface area contributed by atoms with Gasteiger partial charge in [-0.3, -0.25) is 0 Å². The van der Waals surface area contributed by atoms with Gasteiger partial charge in [0.05, 0.1) is 11.6 Å². The molecule has 4 heteroatoms. The number of nitrogens with one attached hydrogen (secondary N) is 1. The molecule has 1 N–H and O–H groups in total. The van der Waals surface area contributed by atoms with Gasteiger partial charge in [0.15, 0.2) is 0 Å². The molecule has 0 aromatic heterocycles. The molecule has 2 nitrogen and oxygen atoms in total. The average Bonchev–Trinajstić information content (AvgIpc) is 2.16. The van der Waals surface area contributed by atoms with E-state index in [1.165, 1.54) is 0 Å². The van der Waals surface area contributed by atoms with Crippen LogP contribution >= 0.6 is 15.9 Å². The molecule has 0 spiro atoms. The van der Waals surface area contributed by atoms with E-state index in [0.717, 1.165) is 5.56 Å². The van der Waals surface area contributed by atoms with E-state index in [9.17, 15) is 4.39 Å². The third-order valence-corrected chi connectivity index (χ3v) is 2.62. The second-order valence-corrected chi connectivity index (χ2v) is 3.87. The van der Waals surface area contributed by atoms with Crippen molar-refractivity contribution in [3.05, 3.63) is 27.5 Å². The molecule has 0 bridgehead atoms. The van der Waals surface area contributed by atoms with E-state index < -0.39 is 0 Å². The Bertz CT molecular complexity index is 341. The van der Waals surface area contributed by atoms with E-state index in [-0.39, 0.29) is 5.82 Å². The number of halogens is 2. The summed E-state index contributed by atoms with van der Waals surface area (Å²) in [5.74, 6) is 0.349. The predicted molar refractivity (Wildman–Crippen MR) is 58.2 cm³/mol. The molecule has 0 saturated carbocycles. The van der Waals surface area contributed by atoms with Crippen molar-refractivity contribution in [2.45, 2.75) is 13.5 Å². The maximum absolute atomic E-state index is 13.5. The zero-order chi connectivity index (χ0) is 10.7. The van der Waals surface area contributed by atoms with Crippen molar-refractivity contribution in [3.8, 4) is 5.75 Å². The molecule has 78 valence electrons. The predicted octanol–water partition coefficient (Wildman–Crippen LogP) is 2.62. The Kier molecular flexibility index (Phi) is 3.89. The maximum atomic E-state index is 13.5. The van der Waals surface area contributed by atoms with Crippen LogP contribution in [0.25, 0.3) is 0 Å². The van der Waals surface area contributed by atoms with Gasteiger partial charge in [-0.15, -0.1) is 0 Å². The van der Waals surface area contributed by atoms with Gasteiger partial charge in [-0.25, -0.2) is 4.39 Å². The molecule has 0 aliphatic heterocycles. The zero-order valence-corrected chi connectivity index (χ0v) is 10.0. The molecule has 1 aromatic rings. The summed E-state index contributed by atoms with van der Waals surface area (Å²) in [6, 6.07) is 1.73. The lowest BCUT2D eigenvalue weighted by Gasteiger charge is -2.12. The van der Waals surface area contributed by atoms with Crippen LogP contribution in [0.15, 0.2) is 10.5 Å². The van der Waals surface area contributed by atoms with Crippen molar-refractivity contribution in [1.82, 2.24) is 5.32 Å². The largest absolute Gasteiger partial charge is 0.496 e. The molecule has 0 radical (unpaired) electrons. The molecule has 14 heavy (non-hydrogen) atoms. The summed E-state index contributed by atoms with van der Waals surface area (Å²) in [7, 11) is 3.39. The molecule has 0 aliphatic rings. The fourth-order valence-corrected chi connectivity index (χ4v) is 1.98. The first-order chi connectivity index (χ1) is 6.61. The normalized spacial score (nSPS) is 10.4. The quantitative estimate of drug-likeness (QED) is 0.904. The van der Waals surface area contributed by atoms with E-state index >= 15 is 0 Å². The minimum Gasteiger partial charge on any atom is -0.496 e. The minimum absolute atomic E-state index is 0.262. The molecule has 0 heterocycles. The van der Waals surface area contributed by atoms with Crippen LogP contribution in [-0.4, -0.2) is 14.2 Å². The third-order valence-electron chi connectivity index (χ3n) is 2.04. The molecule has 0 fully saturated rings. The molecule has 0 atom stereocenters. The summed E-state index contributed by atoms with van der Waals surface area (Å²) in [5.41, 5.74) is 1.48. The van der Waals surface area contributed by atoms with Gasteiger partial charge in [0.1, 0.15) is 11.6 Å². The smallest absolute Gasteiger partial charge is 0.143 e. The van der Waals surface area contributed by atoms with Crippen molar-refractivity contribution >= 4 is 15.9 Å². The Hall–Kier alpha value is -0.610. The highest BCUT2D eigenvalue weighted by molar-refractivity contribution is 9.10. The number of rotatable bonds is 3. The zero-order valence-electron chi connectivity index (χ0n) is 8.45.